The Morgan fingerprint density at radius 2 is 1.69 bits per heavy atom. The number of fused-ring (bicyclic) bond motifs is 2. The fourth-order valence-corrected chi connectivity index (χ4v) is 7.65. The first-order chi connectivity index (χ1) is 24.4. The van der Waals surface area contributed by atoms with Crippen LogP contribution >= 0.6 is 7.82 Å². The van der Waals surface area contributed by atoms with Crippen LogP contribution in [-0.2, 0) is 32.4 Å². The van der Waals surface area contributed by atoms with Crippen LogP contribution in [0.25, 0.3) is 32.8 Å². The van der Waals surface area contributed by atoms with Crippen molar-refractivity contribution in [2.24, 2.45) is 17.8 Å². The monoisotopic (exact) mass is 725 g/mol. The lowest BCUT2D eigenvalue weighted by Gasteiger charge is -2.34. The maximum atomic E-state index is 14.0. The predicted molar refractivity (Wildman–Crippen MR) is 192 cm³/mol. The maximum Gasteiger partial charge on any atom is 0.477 e. The molecule has 0 radical (unpaired) electrons. The van der Waals surface area contributed by atoms with Crippen LogP contribution in [0.15, 0.2) is 42.6 Å². The molecular formula is C38H49FN3O8P. The Labute approximate surface area is 298 Å². The van der Waals surface area contributed by atoms with E-state index in [9.17, 15) is 13.8 Å². The Bertz CT molecular complexity index is 1850. The maximum absolute atomic E-state index is 14.0. The highest BCUT2D eigenvalue weighted by atomic mass is 31.2. The SMILES string of the molecule is CC(C)COP(=O)(OCOC(=O)[C@H]1C[C@H](Oc2nc(C(C)C)c(-c3ccc(F)cc3)c3cc4cnn(C5CCCCO5)c4cc23)C1)OCC(C)C. The summed E-state index contributed by atoms with van der Waals surface area (Å²) in [5.41, 5.74) is 3.50. The van der Waals surface area contributed by atoms with E-state index in [0.29, 0.717) is 25.3 Å². The number of hydrogen-bond donors (Lipinski definition) is 0. The standard InChI is InChI=1S/C38H49FN3O8P/c1-23(2)20-47-51(44,48-21-24(3)4)49-22-46-38(43)27-15-30(16-27)50-37-32-18-33-28(19-40-42(33)34-9-7-8-14-45-34)17-31(32)35(36(41-37)25(5)6)26-10-12-29(39)13-11-26/h10-13,17-19,23-25,27,30,34H,7-9,14-16,20-22H2,1-6H3/t27-,30-,34?. The number of ether oxygens (including phenoxy) is 3. The summed E-state index contributed by atoms with van der Waals surface area (Å²) in [6, 6.07) is 10.6. The molecule has 1 saturated heterocycles. The summed E-state index contributed by atoms with van der Waals surface area (Å²) in [5.74, 6) is -0.488. The van der Waals surface area contributed by atoms with Crippen molar-refractivity contribution in [3.05, 3.63) is 54.1 Å². The molecule has 2 fully saturated rings. The third-order valence-electron chi connectivity index (χ3n) is 9.07. The molecule has 2 aromatic carbocycles. The Morgan fingerprint density at radius 1 is 0.980 bits per heavy atom. The van der Waals surface area contributed by atoms with E-state index in [1.54, 1.807) is 12.1 Å². The molecule has 1 atom stereocenters. The van der Waals surface area contributed by atoms with Crippen molar-refractivity contribution in [1.29, 1.82) is 0 Å². The smallest absolute Gasteiger partial charge is 0.474 e. The third-order valence-corrected chi connectivity index (χ3v) is 10.4. The summed E-state index contributed by atoms with van der Waals surface area (Å²) >= 11 is 0. The van der Waals surface area contributed by atoms with Gasteiger partial charge in [-0.05, 0) is 85.1 Å². The molecule has 276 valence electrons. The predicted octanol–water partition coefficient (Wildman–Crippen LogP) is 9.34. The molecule has 0 amide bonds. The van der Waals surface area contributed by atoms with E-state index in [4.69, 9.17) is 37.9 Å². The molecule has 1 aliphatic heterocycles. The van der Waals surface area contributed by atoms with Gasteiger partial charge in [0, 0.05) is 22.9 Å². The number of phosphoric ester groups is 1. The Kier molecular flexibility index (Phi) is 11.8. The number of rotatable bonds is 15. The first kappa shape index (κ1) is 37.4. The number of hydrogen-bond acceptors (Lipinski definition) is 10. The number of phosphoric acid groups is 1. The molecule has 1 unspecified atom stereocenters. The second kappa shape index (κ2) is 16.1. The van der Waals surface area contributed by atoms with Crippen molar-refractivity contribution < 1.29 is 41.5 Å². The molecule has 2 aliphatic rings. The van der Waals surface area contributed by atoms with Crippen molar-refractivity contribution in [3.8, 4) is 17.0 Å². The fourth-order valence-electron chi connectivity index (χ4n) is 6.29. The second-order valence-electron chi connectivity index (χ2n) is 14.7. The van der Waals surface area contributed by atoms with Gasteiger partial charge in [-0.3, -0.25) is 13.8 Å². The number of benzene rings is 2. The lowest BCUT2D eigenvalue weighted by molar-refractivity contribution is -0.162. The summed E-state index contributed by atoms with van der Waals surface area (Å²) < 4.78 is 63.3. The van der Waals surface area contributed by atoms with Gasteiger partial charge in [-0.25, -0.2) is 23.1 Å². The van der Waals surface area contributed by atoms with Crippen LogP contribution in [0.4, 0.5) is 4.39 Å². The number of halogens is 1. The van der Waals surface area contributed by atoms with Crippen molar-refractivity contribution in [1.82, 2.24) is 14.8 Å². The number of carbonyl (C=O) groups excluding carboxylic acids is 1. The Morgan fingerprint density at radius 3 is 2.31 bits per heavy atom. The van der Waals surface area contributed by atoms with E-state index >= 15 is 0 Å². The van der Waals surface area contributed by atoms with E-state index in [2.05, 4.69) is 26.0 Å². The molecule has 0 bridgehead atoms. The zero-order valence-corrected chi connectivity index (χ0v) is 31.2. The van der Waals surface area contributed by atoms with Gasteiger partial charge in [-0.2, -0.15) is 5.10 Å². The average Bonchev–Trinajstić information content (AvgIpc) is 3.50. The highest BCUT2D eigenvalue weighted by Gasteiger charge is 2.39. The van der Waals surface area contributed by atoms with Gasteiger partial charge < -0.3 is 14.2 Å². The summed E-state index contributed by atoms with van der Waals surface area (Å²) in [4.78, 5) is 18.0. The quantitative estimate of drug-likeness (QED) is 0.0666. The number of nitrogens with zero attached hydrogens (tertiary/aromatic N) is 3. The van der Waals surface area contributed by atoms with Gasteiger partial charge in [0.1, 0.15) is 11.9 Å². The lowest BCUT2D eigenvalue weighted by atomic mass is 9.82. The summed E-state index contributed by atoms with van der Waals surface area (Å²) in [5, 5.41) is 7.39. The number of aromatic nitrogens is 3. The minimum atomic E-state index is -3.90. The normalized spacial score (nSPS) is 19.7. The van der Waals surface area contributed by atoms with Gasteiger partial charge in [-0.15, -0.1) is 0 Å². The Balaban J connectivity index is 1.22. The van der Waals surface area contributed by atoms with Gasteiger partial charge in [0.15, 0.2) is 6.23 Å². The molecule has 4 aromatic rings. The summed E-state index contributed by atoms with van der Waals surface area (Å²) in [6.45, 7) is 12.3. The van der Waals surface area contributed by atoms with Crippen LogP contribution in [0.3, 0.4) is 0 Å². The van der Waals surface area contributed by atoms with Crippen LogP contribution < -0.4 is 4.74 Å². The van der Waals surface area contributed by atoms with Crippen molar-refractivity contribution >= 4 is 35.5 Å². The molecular weight excluding hydrogens is 676 g/mol. The van der Waals surface area contributed by atoms with Gasteiger partial charge >= 0.3 is 13.8 Å². The number of carbonyl (C=O) groups is 1. The lowest BCUT2D eigenvalue weighted by Crippen LogP contribution is -2.39. The van der Waals surface area contributed by atoms with Crippen molar-refractivity contribution in [2.45, 2.75) is 91.9 Å². The van der Waals surface area contributed by atoms with E-state index in [1.807, 2.05) is 38.6 Å². The molecule has 0 N–H and O–H groups in total. The zero-order valence-electron chi connectivity index (χ0n) is 30.3. The van der Waals surface area contributed by atoms with E-state index in [0.717, 1.165) is 57.8 Å². The topological polar surface area (TPSA) is 120 Å². The van der Waals surface area contributed by atoms with Crippen molar-refractivity contribution in [2.75, 3.05) is 26.6 Å². The van der Waals surface area contributed by atoms with Crippen LogP contribution in [0, 0.1) is 23.6 Å². The van der Waals surface area contributed by atoms with Gasteiger partial charge in [0.2, 0.25) is 12.7 Å². The molecule has 6 rings (SSSR count). The molecule has 0 spiro atoms. The van der Waals surface area contributed by atoms with Gasteiger partial charge in [-0.1, -0.05) is 53.7 Å². The zero-order chi connectivity index (χ0) is 36.3. The molecule has 3 heterocycles. The third kappa shape index (κ3) is 8.80. The Hall–Kier alpha value is -3.41. The van der Waals surface area contributed by atoms with Gasteiger partial charge in [0.05, 0.1) is 36.5 Å². The average molecular weight is 726 g/mol. The van der Waals surface area contributed by atoms with Crippen LogP contribution in [0.2, 0.25) is 0 Å². The number of esters is 1. The highest BCUT2D eigenvalue weighted by molar-refractivity contribution is 7.48. The minimum absolute atomic E-state index is 0.0278. The molecule has 13 heteroatoms. The second-order valence-corrected chi connectivity index (χ2v) is 16.3. The van der Waals surface area contributed by atoms with Crippen molar-refractivity contribution in [3.63, 3.8) is 0 Å². The van der Waals surface area contributed by atoms with Gasteiger partial charge in [0.25, 0.3) is 0 Å². The van der Waals surface area contributed by atoms with Crippen LogP contribution in [0.1, 0.15) is 91.5 Å². The van der Waals surface area contributed by atoms with E-state index in [1.165, 1.54) is 12.1 Å². The van der Waals surface area contributed by atoms with E-state index in [-0.39, 0.29) is 49.1 Å². The van der Waals surface area contributed by atoms with Crippen LogP contribution in [-0.4, -0.2) is 53.5 Å². The summed E-state index contributed by atoms with van der Waals surface area (Å²) in [6.07, 6.45) is 5.22. The molecule has 2 aromatic heterocycles. The first-order valence-electron chi connectivity index (χ1n) is 18.0. The fraction of sp³-hybridized carbons (Fsp3) is 0.553. The first-order valence-corrected chi connectivity index (χ1v) is 19.5. The molecule has 1 aliphatic carbocycles. The minimum Gasteiger partial charge on any atom is -0.474 e. The van der Waals surface area contributed by atoms with Crippen LogP contribution in [0.5, 0.6) is 5.88 Å². The highest BCUT2D eigenvalue weighted by Crippen LogP contribution is 2.50. The summed E-state index contributed by atoms with van der Waals surface area (Å²) in [7, 11) is -3.90. The molecule has 51 heavy (non-hydrogen) atoms. The van der Waals surface area contributed by atoms with E-state index < -0.39 is 26.5 Å². The molecule has 11 nitrogen and oxygen atoms in total. The largest absolute Gasteiger partial charge is 0.477 e. The number of pyridine rings is 1. The molecule has 1 saturated carbocycles.